The fraction of sp³-hybridized carbons (Fsp3) is 0.167. The first kappa shape index (κ1) is 22.9. The van der Waals surface area contributed by atoms with Crippen molar-refractivity contribution in [1.29, 1.82) is 0 Å². The minimum atomic E-state index is -4.73. The Bertz CT molecular complexity index is 1070. The molecule has 3 rings (SSSR count). The molecule has 5 nitrogen and oxygen atoms in total. The first-order chi connectivity index (χ1) is 15.2. The van der Waals surface area contributed by atoms with Crippen LogP contribution in [0.2, 0.25) is 0 Å². The molecule has 0 heterocycles. The van der Waals surface area contributed by atoms with Crippen LogP contribution in [0.1, 0.15) is 27.0 Å². The van der Waals surface area contributed by atoms with E-state index < -0.39 is 35.2 Å². The van der Waals surface area contributed by atoms with Crippen LogP contribution in [0.15, 0.2) is 78.9 Å². The van der Waals surface area contributed by atoms with Crippen molar-refractivity contribution in [2.75, 3.05) is 0 Å². The summed E-state index contributed by atoms with van der Waals surface area (Å²) in [6, 6.07) is 19.0. The fourth-order valence-corrected chi connectivity index (χ4v) is 3.06. The molecule has 3 aromatic carbocycles. The number of carbonyl (C=O) groups is 2. The van der Waals surface area contributed by atoms with Gasteiger partial charge in [0.05, 0.1) is 11.1 Å². The summed E-state index contributed by atoms with van der Waals surface area (Å²) in [5, 5.41) is 11.6. The lowest BCUT2D eigenvalue weighted by Crippen LogP contribution is -2.42. The number of carboxylic acids is 1. The van der Waals surface area contributed by atoms with Crippen LogP contribution < -0.4 is 10.1 Å². The molecule has 0 fully saturated rings. The number of ether oxygens (including phenoxy) is 1. The number of benzene rings is 3. The summed E-state index contributed by atoms with van der Waals surface area (Å²) in [4.78, 5) is 24.0. The molecule has 166 valence electrons. The first-order valence-corrected chi connectivity index (χ1v) is 9.69. The van der Waals surface area contributed by atoms with Crippen molar-refractivity contribution in [2.45, 2.75) is 25.2 Å². The number of aliphatic carboxylic acids is 1. The Morgan fingerprint density at radius 1 is 0.875 bits per heavy atom. The number of hydrogen-bond acceptors (Lipinski definition) is 3. The second kappa shape index (κ2) is 10.00. The van der Waals surface area contributed by atoms with Crippen molar-refractivity contribution < 1.29 is 32.6 Å². The minimum absolute atomic E-state index is 0.103. The van der Waals surface area contributed by atoms with E-state index in [0.29, 0.717) is 17.9 Å². The molecular weight excluding hydrogens is 423 g/mol. The fourth-order valence-electron chi connectivity index (χ4n) is 3.06. The van der Waals surface area contributed by atoms with Crippen molar-refractivity contribution >= 4 is 11.9 Å². The van der Waals surface area contributed by atoms with Crippen LogP contribution in [-0.2, 0) is 24.0 Å². The number of carbonyl (C=O) groups excluding carboxylic acids is 1. The van der Waals surface area contributed by atoms with E-state index in [-0.39, 0.29) is 6.42 Å². The smallest absolute Gasteiger partial charge is 0.417 e. The van der Waals surface area contributed by atoms with E-state index in [0.717, 1.165) is 23.8 Å². The van der Waals surface area contributed by atoms with Crippen LogP contribution in [0.4, 0.5) is 13.2 Å². The van der Waals surface area contributed by atoms with Gasteiger partial charge < -0.3 is 15.2 Å². The van der Waals surface area contributed by atoms with Crippen LogP contribution in [0, 0.1) is 0 Å². The molecule has 0 saturated carbocycles. The van der Waals surface area contributed by atoms with E-state index in [1.807, 2.05) is 30.3 Å². The lowest BCUT2D eigenvalue weighted by molar-refractivity contribution is -0.139. The molecular formula is C24H20F3NO4. The topological polar surface area (TPSA) is 75.6 Å². The summed E-state index contributed by atoms with van der Waals surface area (Å²) in [7, 11) is 0. The van der Waals surface area contributed by atoms with Crippen LogP contribution in [0.3, 0.4) is 0 Å². The third kappa shape index (κ3) is 6.10. The highest BCUT2D eigenvalue weighted by atomic mass is 19.4. The predicted octanol–water partition coefficient (Wildman–Crippen LogP) is 4.71. The number of amides is 1. The van der Waals surface area contributed by atoms with Crippen LogP contribution in [-0.4, -0.2) is 23.0 Å². The summed E-state index contributed by atoms with van der Waals surface area (Å²) in [5.74, 6) is -1.88. The Balaban J connectivity index is 1.66. The monoisotopic (exact) mass is 443 g/mol. The van der Waals surface area contributed by atoms with Crippen molar-refractivity contribution in [3.8, 4) is 5.75 Å². The Labute approximate surface area is 182 Å². The van der Waals surface area contributed by atoms with E-state index in [1.54, 1.807) is 24.3 Å². The van der Waals surface area contributed by atoms with Gasteiger partial charge in [0.15, 0.2) is 0 Å². The van der Waals surface area contributed by atoms with Gasteiger partial charge in [-0.05, 0) is 35.4 Å². The molecule has 2 N–H and O–H groups in total. The second-order valence-electron chi connectivity index (χ2n) is 7.03. The molecule has 8 heteroatoms. The van der Waals surface area contributed by atoms with E-state index in [4.69, 9.17) is 4.74 Å². The van der Waals surface area contributed by atoms with Crippen LogP contribution in [0.25, 0.3) is 0 Å². The molecule has 0 aliphatic carbocycles. The van der Waals surface area contributed by atoms with Gasteiger partial charge in [0.2, 0.25) is 0 Å². The molecule has 0 aromatic heterocycles. The maximum atomic E-state index is 13.2. The standard InChI is InChI=1S/C24H20F3NO4/c25-24(26,27)20-9-5-4-8-19(20)22(29)28-21(23(30)31)14-16-10-12-18(13-11-16)32-15-17-6-2-1-3-7-17/h1-13,21H,14-15H2,(H,28,29)(H,30,31)/t21-/m0/s1. The van der Waals surface area contributed by atoms with E-state index in [9.17, 15) is 27.9 Å². The number of hydrogen-bond donors (Lipinski definition) is 2. The molecule has 0 aliphatic rings. The van der Waals surface area contributed by atoms with Gasteiger partial charge in [-0.15, -0.1) is 0 Å². The molecule has 1 atom stereocenters. The molecule has 1 amide bonds. The van der Waals surface area contributed by atoms with Crippen LogP contribution in [0.5, 0.6) is 5.75 Å². The van der Waals surface area contributed by atoms with Gasteiger partial charge in [-0.3, -0.25) is 4.79 Å². The van der Waals surface area contributed by atoms with E-state index >= 15 is 0 Å². The van der Waals surface area contributed by atoms with E-state index in [2.05, 4.69) is 5.32 Å². The van der Waals surface area contributed by atoms with E-state index in [1.165, 1.54) is 6.07 Å². The largest absolute Gasteiger partial charge is 0.489 e. The minimum Gasteiger partial charge on any atom is -0.489 e. The highest BCUT2D eigenvalue weighted by Crippen LogP contribution is 2.31. The molecule has 3 aromatic rings. The highest BCUT2D eigenvalue weighted by Gasteiger charge is 2.35. The summed E-state index contributed by atoms with van der Waals surface area (Å²) >= 11 is 0. The molecule has 0 radical (unpaired) electrons. The third-order valence-electron chi connectivity index (χ3n) is 4.69. The number of carboxylic acid groups (broad SMARTS) is 1. The van der Waals surface area contributed by atoms with Gasteiger partial charge in [-0.2, -0.15) is 13.2 Å². The molecule has 0 saturated heterocycles. The average molecular weight is 443 g/mol. The lowest BCUT2D eigenvalue weighted by atomic mass is 10.0. The first-order valence-electron chi connectivity index (χ1n) is 9.69. The number of halogens is 3. The number of alkyl halides is 3. The van der Waals surface area contributed by atoms with Crippen molar-refractivity contribution in [3.63, 3.8) is 0 Å². The van der Waals surface area contributed by atoms with Gasteiger partial charge in [-0.25, -0.2) is 4.79 Å². The van der Waals surface area contributed by atoms with Crippen LogP contribution >= 0.6 is 0 Å². The summed E-state index contributed by atoms with van der Waals surface area (Å²) in [6.45, 7) is 0.368. The second-order valence-corrected chi connectivity index (χ2v) is 7.03. The molecule has 32 heavy (non-hydrogen) atoms. The zero-order valence-corrected chi connectivity index (χ0v) is 16.8. The van der Waals surface area contributed by atoms with Crippen molar-refractivity contribution in [2.24, 2.45) is 0 Å². The molecule has 0 aliphatic heterocycles. The van der Waals surface area contributed by atoms with Crippen molar-refractivity contribution in [3.05, 3.63) is 101 Å². The van der Waals surface area contributed by atoms with Gasteiger partial charge in [0, 0.05) is 6.42 Å². The normalized spacial score (nSPS) is 12.1. The average Bonchev–Trinajstić information content (AvgIpc) is 2.78. The number of rotatable bonds is 8. The van der Waals surface area contributed by atoms with Gasteiger partial charge in [0.25, 0.3) is 5.91 Å². The van der Waals surface area contributed by atoms with Gasteiger partial charge in [0.1, 0.15) is 18.4 Å². The molecule has 0 bridgehead atoms. The maximum Gasteiger partial charge on any atom is 0.417 e. The Hall–Kier alpha value is -3.81. The third-order valence-corrected chi connectivity index (χ3v) is 4.69. The zero-order chi connectivity index (χ0) is 23.1. The molecule has 0 spiro atoms. The Morgan fingerprint density at radius 2 is 1.50 bits per heavy atom. The Morgan fingerprint density at radius 3 is 2.12 bits per heavy atom. The summed E-state index contributed by atoms with van der Waals surface area (Å²) < 4.78 is 45.1. The lowest BCUT2D eigenvalue weighted by Gasteiger charge is -2.17. The van der Waals surface area contributed by atoms with Gasteiger partial charge in [-0.1, -0.05) is 54.6 Å². The summed E-state index contributed by atoms with van der Waals surface area (Å²) in [5.41, 5.74) is -0.185. The van der Waals surface area contributed by atoms with Crippen molar-refractivity contribution in [1.82, 2.24) is 5.32 Å². The highest BCUT2D eigenvalue weighted by molar-refractivity contribution is 5.98. The quantitative estimate of drug-likeness (QED) is 0.529. The maximum absolute atomic E-state index is 13.2. The van der Waals surface area contributed by atoms with Gasteiger partial charge >= 0.3 is 12.1 Å². The summed E-state index contributed by atoms with van der Waals surface area (Å²) in [6.07, 6.45) is -4.84. The molecule has 0 unspecified atom stereocenters. The number of nitrogens with one attached hydrogen (secondary N) is 1. The SMILES string of the molecule is O=C(N[C@@H](Cc1ccc(OCc2ccccc2)cc1)C(=O)O)c1ccccc1C(F)(F)F. The Kier molecular flexibility index (Phi) is 7.14. The zero-order valence-electron chi connectivity index (χ0n) is 16.8. The predicted molar refractivity (Wildman–Crippen MR) is 111 cm³/mol.